The first-order valence-electron chi connectivity index (χ1n) is 8.88. The maximum atomic E-state index is 12.9. The average Bonchev–Trinajstić information content (AvgIpc) is 2.74. The number of hydrogen-bond donors (Lipinski definition) is 1. The topological polar surface area (TPSA) is 117 Å². The molecule has 30 heavy (non-hydrogen) atoms. The molecule has 1 N–H and O–H groups in total. The Labute approximate surface area is 180 Å². The summed E-state index contributed by atoms with van der Waals surface area (Å²) >= 11 is 5.92. The second-order valence-corrected chi connectivity index (χ2v) is 8.40. The summed E-state index contributed by atoms with van der Waals surface area (Å²) in [5, 5.41) is 8.81. The van der Waals surface area contributed by atoms with Crippen molar-refractivity contribution in [3.63, 3.8) is 0 Å². The quantitative estimate of drug-likeness (QED) is 0.619. The smallest absolute Gasteiger partial charge is 0.338 e. The summed E-state index contributed by atoms with van der Waals surface area (Å²) in [4.78, 5) is 26.4. The second-order valence-electron chi connectivity index (χ2n) is 6.13. The SMILES string of the molecule is CNS(=O)(=O)c1cc(C(=O)O[C@H](C)C(=O)N(CCC#N)c2ccccc2)ccc1Cl. The van der Waals surface area contributed by atoms with Gasteiger partial charge in [-0.05, 0) is 44.3 Å². The van der Waals surface area contributed by atoms with Gasteiger partial charge in [0.15, 0.2) is 6.10 Å². The van der Waals surface area contributed by atoms with E-state index in [1.807, 2.05) is 6.07 Å². The van der Waals surface area contributed by atoms with E-state index in [0.717, 1.165) is 6.07 Å². The summed E-state index contributed by atoms with van der Waals surface area (Å²) in [6.45, 7) is 1.54. The maximum absolute atomic E-state index is 12.9. The van der Waals surface area contributed by atoms with E-state index in [0.29, 0.717) is 5.69 Å². The van der Waals surface area contributed by atoms with Gasteiger partial charge in [-0.15, -0.1) is 0 Å². The van der Waals surface area contributed by atoms with Crippen LogP contribution in [0.1, 0.15) is 23.7 Å². The molecule has 0 saturated heterocycles. The average molecular weight is 450 g/mol. The number of amides is 1. The number of carbonyl (C=O) groups is 2. The summed E-state index contributed by atoms with van der Waals surface area (Å²) in [7, 11) is -2.67. The molecule has 0 spiro atoms. The number of sulfonamides is 1. The molecule has 0 heterocycles. The van der Waals surface area contributed by atoms with E-state index in [2.05, 4.69) is 4.72 Å². The van der Waals surface area contributed by atoms with Gasteiger partial charge in [0.2, 0.25) is 10.0 Å². The predicted molar refractivity (Wildman–Crippen MR) is 112 cm³/mol. The van der Waals surface area contributed by atoms with Crippen LogP contribution in [0.4, 0.5) is 5.69 Å². The van der Waals surface area contributed by atoms with Crippen molar-refractivity contribution in [1.29, 1.82) is 5.26 Å². The third-order valence-electron chi connectivity index (χ3n) is 4.14. The molecule has 0 saturated carbocycles. The van der Waals surface area contributed by atoms with Crippen molar-refractivity contribution >= 4 is 39.2 Å². The van der Waals surface area contributed by atoms with E-state index in [-0.39, 0.29) is 28.4 Å². The predicted octanol–water partition coefficient (Wildman–Crippen LogP) is 2.74. The number of benzene rings is 2. The highest BCUT2D eigenvalue weighted by Crippen LogP contribution is 2.23. The van der Waals surface area contributed by atoms with Crippen molar-refractivity contribution < 1.29 is 22.7 Å². The molecular weight excluding hydrogens is 430 g/mol. The zero-order valence-electron chi connectivity index (χ0n) is 16.3. The van der Waals surface area contributed by atoms with Gasteiger partial charge in [0.1, 0.15) is 4.90 Å². The Bertz CT molecular complexity index is 1070. The molecule has 2 aromatic carbocycles. The van der Waals surface area contributed by atoms with Gasteiger partial charge in [-0.1, -0.05) is 29.8 Å². The van der Waals surface area contributed by atoms with E-state index >= 15 is 0 Å². The lowest BCUT2D eigenvalue weighted by molar-refractivity contribution is -0.126. The van der Waals surface area contributed by atoms with Crippen molar-refractivity contribution in [3.05, 3.63) is 59.1 Å². The van der Waals surface area contributed by atoms with Crippen LogP contribution >= 0.6 is 11.6 Å². The van der Waals surface area contributed by atoms with Gasteiger partial charge in [0.25, 0.3) is 5.91 Å². The second kappa shape index (κ2) is 10.2. The highest BCUT2D eigenvalue weighted by Gasteiger charge is 2.26. The van der Waals surface area contributed by atoms with Crippen molar-refractivity contribution in [3.8, 4) is 6.07 Å². The number of para-hydroxylation sites is 1. The number of ether oxygens (including phenoxy) is 1. The molecule has 0 aliphatic heterocycles. The van der Waals surface area contributed by atoms with Gasteiger partial charge in [-0.2, -0.15) is 5.26 Å². The Morgan fingerprint density at radius 1 is 1.23 bits per heavy atom. The minimum Gasteiger partial charge on any atom is -0.449 e. The lowest BCUT2D eigenvalue weighted by Gasteiger charge is -2.25. The normalized spacial score (nSPS) is 11.9. The largest absolute Gasteiger partial charge is 0.449 e. The number of carbonyl (C=O) groups excluding carboxylic acids is 2. The van der Waals surface area contributed by atoms with Gasteiger partial charge < -0.3 is 9.64 Å². The standard InChI is InChI=1S/C20H20ClN3O5S/c1-14(19(25)24(12-6-11-22)16-7-4-3-5-8-16)29-20(26)15-9-10-17(21)18(13-15)30(27,28)23-2/h3-5,7-10,13-14,23H,6,12H2,1-2H3/t14-/m1/s1. The highest BCUT2D eigenvalue weighted by molar-refractivity contribution is 7.89. The molecule has 1 amide bonds. The van der Waals surface area contributed by atoms with E-state index in [1.165, 1.54) is 31.0 Å². The van der Waals surface area contributed by atoms with E-state index in [4.69, 9.17) is 21.6 Å². The molecule has 2 aromatic rings. The summed E-state index contributed by atoms with van der Waals surface area (Å²) in [5.41, 5.74) is 0.491. The lowest BCUT2D eigenvalue weighted by Crippen LogP contribution is -2.40. The molecule has 0 bridgehead atoms. The molecule has 8 nitrogen and oxygen atoms in total. The van der Waals surface area contributed by atoms with Crippen LogP contribution in [-0.4, -0.2) is 40.0 Å². The highest BCUT2D eigenvalue weighted by atomic mass is 35.5. The summed E-state index contributed by atoms with van der Waals surface area (Å²) in [5.74, 6) is -1.39. The molecule has 0 fully saturated rings. The third kappa shape index (κ3) is 5.57. The molecule has 1 atom stereocenters. The number of hydrogen-bond acceptors (Lipinski definition) is 6. The van der Waals surface area contributed by atoms with Crippen LogP contribution < -0.4 is 9.62 Å². The molecule has 0 aliphatic carbocycles. The number of nitrogens with zero attached hydrogens (tertiary/aromatic N) is 2. The van der Waals surface area contributed by atoms with Gasteiger partial charge in [0.05, 0.1) is 23.1 Å². The minimum absolute atomic E-state index is 0.0585. The number of anilines is 1. The van der Waals surface area contributed by atoms with Crippen molar-refractivity contribution in [2.45, 2.75) is 24.3 Å². The van der Waals surface area contributed by atoms with Crippen LogP contribution in [0.15, 0.2) is 53.4 Å². The lowest BCUT2D eigenvalue weighted by atomic mass is 10.2. The van der Waals surface area contributed by atoms with Crippen molar-refractivity contribution in [2.24, 2.45) is 0 Å². The summed E-state index contributed by atoms with van der Waals surface area (Å²) < 4.78 is 31.5. The summed E-state index contributed by atoms with van der Waals surface area (Å²) in [6.07, 6.45) is -1.07. The van der Waals surface area contributed by atoms with Gasteiger partial charge in [-0.25, -0.2) is 17.9 Å². The number of nitrogens with one attached hydrogen (secondary N) is 1. The molecule has 10 heteroatoms. The van der Waals surface area contributed by atoms with Crippen molar-refractivity contribution in [1.82, 2.24) is 4.72 Å². The number of nitriles is 1. The van der Waals surface area contributed by atoms with Gasteiger partial charge in [-0.3, -0.25) is 4.79 Å². The Kier molecular flexibility index (Phi) is 7.94. The van der Waals surface area contributed by atoms with Crippen LogP contribution in [0.2, 0.25) is 5.02 Å². The number of halogens is 1. The van der Waals surface area contributed by atoms with E-state index in [1.54, 1.807) is 30.3 Å². The fourth-order valence-electron chi connectivity index (χ4n) is 2.58. The molecule has 0 aromatic heterocycles. The van der Waals surface area contributed by atoms with E-state index < -0.39 is 28.0 Å². The molecule has 0 unspecified atom stereocenters. The Hall–Kier alpha value is -2.93. The monoisotopic (exact) mass is 449 g/mol. The number of esters is 1. The van der Waals surface area contributed by atoms with Crippen LogP contribution in [-0.2, 0) is 19.6 Å². The first-order chi connectivity index (χ1) is 14.2. The Balaban J connectivity index is 2.22. The molecule has 0 aliphatic rings. The zero-order valence-corrected chi connectivity index (χ0v) is 17.9. The fraction of sp³-hybridized carbons (Fsp3) is 0.250. The Morgan fingerprint density at radius 3 is 2.50 bits per heavy atom. The fourth-order valence-corrected chi connectivity index (χ4v) is 3.83. The van der Waals surface area contributed by atoms with Crippen LogP contribution in [0.5, 0.6) is 0 Å². The van der Waals surface area contributed by atoms with Crippen molar-refractivity contribution in [2.75, 3.05) is 18.5 Å². The van der Waals surface area contributed by atoms with Gasteiger partial charge >= 0.3 is 5.97 Å². The summed E-state index contributed by atoms with van der Waals surface area (Å²) in [6, 6.07) is 14.3. The number of rotatable bonds is 8. The first-order valence-corrected chi connectivity index (χ1v) is 10.7. The molecular formula is C20H20ClN3O5S. The van der Waals surface area contributed by atoms with Gasteiger partial charge in [0, 0.05) is 12.2 Å². The molecule has 0 radical (unpaired) electrons. The van der Waals surface area contributed by atoms with E-state index in [9.17, 15) is 18.0 Å². The maximum Gasteiger partial charge on any atom is 0.338 e. The van der Waals surface area contributed by atoms with Crippen LogP contribution in [0.3, 0.4) is 0 Å². The first kappa shape index (κ1) is 23.3. The van der Waals surface area contributed by atoms with Crippen LogP contribution in [0, 0.1) is 11.3 Å². The third-order valence-corrected chi connectivity index (χ3v) is 6.03. The Morgan fingerprint density at radius 2 is 1.90 bits per heavy atom. The molecule has 2 rings (SSSR count). The zero-order chi connectivity index (χ0) is 22.3. The molecule has 158 valence electrons. The minimum atomic E-state index is -3.88. The van der Waals surface area contributed by atoms with Crippen LogP contribution in [0.25, 0.3) is 0 Å².